The van der Waals surface area contributed by atoms with Gasteiger partial charge in [-0.15, -0.1) is 0 Å². The summed E-state index contributed by atoms with van der Waals surface area (Å²) < 4.78 is 7.10. The van der Waals surface area contributed by atoms with Gasteiger partial charge >= 0.3 is 5.97 Å². The van der Waals surface area contributed by atoms with Gasteiger partial charge in [-0.25, -0.2) is 4.68 Å². The molecule has 2 aromatic carbocycles. The van der Waals surface area contributed by atoms with Gasteiger partial charge in [0.2, 0.25) is 5.91 Å². The van der Waals surface area contributed by atoms with Crippen LogP contribution in [0.1, 0.15) is 34.5 Å². The van der Waals surface area contributed by atoms with E-state index in [0.717, 1.165) is 28.2 Å². The predicted molar refractivity (Wildman–Crippen MR) is 125 cm³/mol. The highest BCUT2D eigenvalue weighted by molar-refractivity contribution is 6.30. The Kier molecular flexibility index (Phi) is 8.06. The Balaban J connectivity index is 1.42. The standard InChI is InChI=1S/C25H28ClN3O3/c1-17-4-6-20(7-5-17)8-13-24(30)27-14-15-32-25(31)16-23-18(2)28-29(19(23)3)22-11-9-21(26)10-12-22/h4-7,9-12H,8,13-16H2,1-3H3,(H,27,30). The van der Waals surface area contributed by atoms with Crippen molar-refractivity contribution in [3.63, 3.8) is 0 Å². The molecule has 0 aliphatic rings. The van der Waals surface area contributed by atoms with Gasteiger partial charge in [0.15, 0.2) is 0 Å². The first-order valence-corrected chi connectivity index (χ1v) is 11.0. The molecule has 1 N–H and O–H groups in total. The fourth-order valence-electron chi connectivity index (χ4n) is 3.42. The molecule has 0 fully saturated rings. The van der Waals surface area contributed by atoms with E-state index in [1.54, 1.807) is 16.8 Å². The number of carbonyl (C=O) groups excluding carboxylic acids is 2. The van der Waals surface area contributed by atoms with Crippen molar-refractivity contribution >= 4 is 23.5 Å². The van der Waals surface area contributed by atoms with Crippen molar-refractivity contribution in [3.8, 4) is 5.69 Å². The lowest BCUT2D eigenvalue weighted by Gasteiger charge is -2.08. The van der Waals surface area contributed by atoms with E-state index in [9.17, 15) is 9.59 Å². The van der Waals surface area contributed by atoms with Crippen molar-refractivity contribution in [2.75, 3.05) is 13.2 Å². The number of halogens is 1. The normalized spacial score (nSPS) is 10.8. The molecular formula is C25H28ClN3O3. The number of aryl methyl sites for hydroxylation is 3. The van der Waals surface area contributed by atoms with Gasteiger partial charge in [-0.05, 0) is 57.0 Å². The molecule has 1 amide bonds. The molecule has 0 aliphatic carbocycles. The largest absolute Gasteiger partial charge is 0.464 e. The Morgan fingerprint density at radius 3 is 2.41 bits per heavy atom. The van der Waals surface area contributed by atoms with Crippen LogP contribution >= 0.6 is 11.6 Å². The zero-order chi connectivity index (χ0) is 23.1. The second-order valence-electron chi connectivity index (χ2n) is 7.77. The molecule has 168 valence electrons. The summed E-state index contributed by atoms with van der Waals surface area (Å²) in [4.78, 5) is 24.3. The van der Waals surface area contributed by atoms with Gasteiger partial charge in [-0.2, -0.15) is 5.10 Å². The van der Waals surface area contributed by atoms with E-state index in [1.165, 1.54) is 5.56 Å². The minimum atomic E-state index is -0.347. The Morgan fingerprint density at radius 2 is 1.72 bits per heavy atom. The summed E-state index contributed by atoms with van der Waals surface area (Å²) in [6.07, 6.45) is 1.22. The third kappa shape index (κ3) is 6.44. The molecule has 0 aliphatic heterocycles. The maximum absolute atomic E-state index is 12.3. The van der Waals surface area contributed by atoms with Gasteiger partial charge in [-0.3, -0.25) is 9.59 Å². The third-order valence-corrected chi connectivity index (χ3v) is 5.53. The highest BCUT2D eigenvalue weighted by Crippen LogP contribution is 2.20. The molecule has 32 heavy (non-hydrogen) atoms. The predicted octanol–water partition coefficient (Wildman–Crippen LogP) is 4.29. The van der Waals surface area contributed by atoms with Gasteiger partial charge in [-0.1, -0.05) is 41.4 Å². The van der Waals surface area contributed by atoms with Gasteiger partial charge in [0, 0.05) is 22.7 Å². The number of esters is 1. The Bertz CT molecular complexity index is 1070. The van der Waals surface area contributed by atoms with E-state index in [4.69, 9.17) is 16.3 Å². The fourth-order valence-corrected chi connectivity index (χ4v) is 3.54. The van der Waals surface area contributed by atoms with E-state index < -0.39 is 0 Å². The quantitative estimate of drug-likeness (QED) is 0.387. The minimum absolute atomic E-state index is 0.0578. The summed E-state index contributed by atoms with van der Waals surface area (Å²) in [7, 11) is 0. The summed E-state index contributed by atoms with van der Waals surface area (Å²) in [5.74, 6) is -0.404. The van der Waals surface area contributed by atoms with Crippen molar-refractivity contribution < 1.29 is 14.3 Å². The molecular weight excluding hydrogens is 426 g/mol. The van der Waals surface area contributed by atoms with Crippen LogP contribution in [0.5, 0.6) is 0 Å². The van der Waals surface area contributed by atoms with Crippen molar-refractivity contribution in [3.05, 3.63) is 81.6 Å². The zero-order valence-electron chi connectivity index (χ0n) is 18.7. The molecule has 3 aromatic rings. The molecule has 1 heterocycles. The van der Waals surface area contributed by atoms with Crippen LogP contribution in [-0.4, -0.2) is 34.8 Å². The highest BCUT2D eigenvalue weighted by Gasteiger charge is 2.17. The number of hydrogen-bond donors (Lipinski definition) is 1. The van der Waals surface area contributed by atoms with Crippen LogP contribution in [0.25, 0.3) is 5.69 Å². The summed E-state index contributed by atoms with van der Waals surface area (Å²) in [6, 6.07) is 15.5. The number of nitrogens with zero attached hydrogens (tertiary/aromatic N) is 2. The van der Waals surface area contributed by atoms with Crippen LogP contribution in [0, 0.1) is 20.8 Å². The summed E-state index contributed by atoms with van der Waals surface area (Å²) >= 11 is 5.96. The van der Waals surface area contributed by atoms with Crippen molar-refractivity contribution in [2.45, 2.75) is 40.0 Å². The number of nitrogens with one attached hydrogen (secondary N) is 1. The third-order valence-electron chi connectivity index (χ3n) is 5.28. The first-order chi connectivity index (χ1) is 15.3. The molecule has 0 radical (unpaired) electrons. The monoisotopic (exact) mass is 453 g/mol. The van der Waals surface area contributed by atoms with Crippen LogP contribution in [-0.2, 0) is 27.2 Å². The smallest absolute Gasteiger partial charge is 0.310 e. The van der Waals surface area contributed by atoms with Crippen LogP contribution in [0.4, 0.5) is 0 Å². The molecule has 0 atom stereocenters. The molecule has 6 nitrogen and oxygen atoms in total. The van der Waals surface area contributed by atoms with Crippen LogP contribution in [0.15, 0.2) is 48.5 Å². The number of rotatable bonds is 9. The minimum Gasteiger partial charge on any atom is -0.464 e. The Hall–Kier alpha value is -3.12. The summed E-state index contributed by atoms with van der Waals surface area (Å²) in [5, 5.41) is 7.99. The number of amides is 1. The molecule has 3 rings (SSSR count). The molecule has 0 saturated carbocycles. The Morgan fingerprint density at radius 1 is 1.03 bits per heavy atom. The average Bonchev–Trinajstić information content (AvgIpc) is 3.05. The molecule has 0 spiro atoms. The molecule has 0 saturated heterocycles. The van der Waals surface area contributed by atoms with Crippen molar-refractivity contribution in [2.24, 2.45) is 0 Å². The van der Waals surface area contributed by atoms with Gasteiger partial charge in [0.25, 0.3) is 0 Å². The topological polar surface area (TPSA) is 73.2 Å². The van der Waals surface area contributed by atoms with E-state index >= 15 is 0 Å². The van der Waals surface area contributed by atoms with E-state index in [0.29, 0.717) is 24.4 Å². The van der Waals surface area contributed by atoms with Gasteiger partial charge < -0.3 is 10.1 Å². The average molecular weight is 454 g/mol. The molecule has 0 bridgehead atoms. The van der Waals surface area contributed by atoms with Gasteiger partial charge in [0.1, 0.15) is 6.61 Å². The van der Waals surface area contributed by atoms with Crippen molar-refractivity contribution in [1.29, 1.82) is 0 Å². The number of aromatic nitrogens is 2. The maximum Gasteiger partial charge on any atom is 0.310 e. The summed E-state index contributed by atoms with van der Waals surface area (Å²) in [6.45, 7) is 6.26. The van der Waals surface area contributed by atoms with Crippen LogP contribution in [0.2, 0.25) is 5.02 Å². The number of ether oxygens (including phenoxy) is 1. The lowest BCUT2D eigenvalue weighted by atomic mass is 10.1. The first kappa shape index (κ1) is 23.5. The highest BCUT2D eigenvalue weighted by atomic mass is 35.5. The van der Waals surface area contributed by atoms with Crippen LogP contribution in [0.3, 0.4) is 0 Å². The lowest BCUT2D eigenvalue weighted by Crippen LogP contribution is -2.28. The fraction of sp³-hybridized carbons (Fsp3) is 0.320. The van der Waals surface area contributed by atoms with Crippen LogP contribution < -0.4 is 5.32 Å². The molecule has 1 aromatic heterocycles. The number of benzene rings is 2. The number of hydrogen-bond acceptors (Lipinski definition) is 4. The second-order valence-corrected chi connectivity index (χ2v) is 8.21. The van der Waals surface area contributed by atoms with E-state index in [2.05, 4.69) is 10.4 Å². The molecule has 0 unspecified atom stereocenters. The second kappa shape index (κ2) is 11.0. The SMILES string of the molecule is Cc1ccc(CCC(=O)NCCOC(=O)Cc2c(C)nn(-c3ccc(Cl)cc3)c2C)cc1. The lowest BCUT2D eigenvalue weighted by molar-refractivity contribution is -0.143. The van der Waals surface area contributed by atoms with E-state index in [-0.39, 0.29) is 24.9 Å². The maximum atomic E-state index is 12.3. The van der Waals surface area contributed by atoms with Gasteiger partial charge in [0.05, 0.1) is 24.3 Å². The zero-order valence-corrected chi connectivity index (χ0v) is 19.4. The number of carbonyl (C=O) groups is 2. The van der Waals surface area contributed by atoms with E-state index in [1.807, 2.05) is 57.2 Å². The first-order valence-electron chi connectivity index (χ1n) is 10.6. The summed E-state index contributed by atoms with van der Waals surface area (Å²) in [5.41, 5.74) is 5.70. The molecule has 7 heteroatoms. The Labute approximate surface area is 193 Å². The van der Waals surface area contributed by atoms with Crippen molar-refractivity contribution in [1.82, 2.24) is 15.1 Å².